The van der Waals surface area contributed by atoms with Gasteiger partial charge in [0.15, 0.2) is 0 Å². The first-order chi connectivity index (χ1) is 11.1. The van der Waals surface area contributed by atoms with Crippen molar-refractivity contribution in [1.29, 1.82) is 0 Å². The van der Waals surface area contributed by atoms with Crippen LogP contribution in [0, 0.1) is 0 Å². The lowest BCUT2D eigenvalue weighted by Crippen LogP contribution is -2.31. The molecule has 1 aliphatic rings. The molecule has 0 spiro atoms. The van der Waals surface area contributed by atoms with Gasteiger partial charge in [-0.05, 0) is 24.3 Å². The van der Waals surface area contributed by atoms with E-state index in [1.165, 1.54) is 23.8 Å². The summed E-state index contributed by atoms with van der Waals surface area (Å²) < 4.78 is 5.25. The predicted molar refractivity (Wildman–Crippen MR) is 90.6 cm³/mol. The highest BCUT2D eigenvalue weighted by Crippen LogP contribution is 2.38. The second-order valence-corrected chi connectivity index (χ2v) is 6.33. The number of nitrogens with zero attached hydrogens (tertiary/aromatic N) is 1. The SMILES string of the molecule is COc1ccccc1N1C(=O)C[C@H](Sc2ccccc2N)C1=O. The number of benzene rings is 2. The zero-order chi connectivity index (χ0) is 16.4. The Morgan fingerprint density at radius 3 is 2.57 bits per heavy atom. The summed E-state index contributed by atoms with van der Waals surface area (Å²) in [6.07, 6.45) is 0.149. The molecule has 23 heavy (non-hydrogen) atoms. The van der Waals surface area contributed by atoms with Gasteiger partial charge in [-0.3, -0.25) is 9.59 Å². The quantitative estimate of drug-likeness (QED) is 0.690. The lowest BCUT2D eigenvalue weighted by molar-refractivity contribution is -0.121. The fraction of sp³-hybridized carbons (Fsp3) is 0.176. The van der Waals surface area contributed by atoms with Crippen LogP contribution < -0.4 is 15.4 Å². The van der Waals surface area contributed by atoms with Gasteiger partial charge in [0, 0.05) is 17.0 Å². The Balaban J connectivity index is 1.87. The third-order valence-corrected chi connectivity index (χ3v) is 4.90. The number of imide groups is 1. The minimum absolute atomic E-state index is 0.149. The summed E-state index contributed by atoms with van der Waals surface area (Å²) in [7, 11) is 1.51. The maximum absolute atomic E-state index is 12.7. The van der Waals surface area contributed by atoms with Crippen molar-refractivity contribution >= 4 is 35.0 Å². The maximum Gasteiger partial charge on any atom is 0.247 e. The Morgan fingerprint density at radius 2 is 1.83 bits per heavy atom. The number of amides is 2. The van der Waals surface area contributed by atoms with E-state index in [0.29, 0.717) is 17.1 Å². The Kier molecular flexibility index (Phi) is 4.25. The number of nitrogens with two attached hydrogens (primary N) is 1. The second kappa shape index (κ2) is 6.34. The molecule has 2 aromatic rings. The van der Waals surface area contributed by atoms with Gasteiger partial charge in [0.05, 0.1) is 18.0 Å². The number of hydrogen-bond acceptors (Lipinski definition) is 5. The molecule has 1 saturated heterocycles. The molecule has 0 aliphatic carbocycles. The first-order valence-electron chi connectivity index (χ1n) is 7.13. The fourth-order valence-corrected chi connectivity index (χ4v) is 3.60. The first-order valence-corrected chi connectivity index (χ1v) is 8.00. The summed E-state index contributed by atoms with van der Waals surface area (Å²) in [5.74, 6) is 0.0262. The number of rotatable bonds is 4. The van der Waals surface area contributed by atoms with Crippen LogP contribution in [0.2, 0.25) is 0 Å². The average molecular weight is 328 g/mol. The molecule has 0 aromatic heterocycles. The van der Waals surface area contributed by atoms with E-state index >= 15 is 0 Å². The maximum atomic E-state index is 12.7. The van der Waals surface area contributed by atoms with Crippen molar-refractivity contribution < 1.29 is 14.3 Å². The van der Waals surface area contributed by atoms with E-state index < -0.39 is 5.25 Å². The van der Waals surface area contributed by atoms with Crippen LogP contribution in [0.5, 0.6) is 5.75 Å². The van der Waals surface area contributed by atoms with E-state index in [2.05, 4.69) is 0 Å². The first kappa shape index (κ1) is 15.4. The van der Waals surface area contributed by atoms with Gasteiger partial charge in [0.1, 0.15) is 5.75 Å². The molecule has 0 bridgehead atoms. The summed E-state index contributed by atoms with van der Waals surface area (Å²) >= 11 is 1.32. The Hall–Kier alpha value is -2.47. The number of nitrogen functional groups attached to an aromatic ring is 1. The minimum Gasteiger partial charge on any atom is -0.495 e. The van der Waals surface area contributed by atoms with Crippen molar-refractivity contribution in [2.24, 2.45) is 0 Å². The molecule has 1 atom stereocenters. The van der Waals surface area contributed by atoms with Gasteiger partial charge in [-0.1, -0.05) is 24.3 Å². The molecule has 2 aromatic carbocycles. The van der Waals surface area contributed by atoms with E-state index in [0.717, 1.165) is 4.90 Å². The summed E-state index contributed by atoms with van der Waals surface area (Å²) in [4.78, 5) is 27.0. The van der Waals surface area contributed by atoms with Crippen LogP contribution >= 0.6 is 11.8 Å². The van der Waals surface area contributed by atoms with E-state index in [-0.39, 0.29) is 18.2 Å². The smallest absolute Gasteiger partial charge is 0.247 e. The third kappa shape index (κ3) is 2.90. The van der Waals surface area contributed by atoms with E-state index in [1.807, 2.05) is 18.2 Å². The molecular formula is C17H16N2O3S. The molecule has 0 unspecified atom stereocenters. The third-order valence-electron chi connectivity index (χ3n) is 3.62. The van der Waals surface area contributed by atoms with Crippen molar-refractivity contribution in [2.45, 2.75) is 16.6 Å². The molecule has 1 heterocycles. The van der Waals surface area contributed by atoms with Crippen molar-refractivity contribution in [2.75, 3.05) is 17.7 Å². The molecule has 2 amide bonds. The molecule has 1 aliphatic heterocycles. The lowest BCUT2D eigenvalue weighted by Gasteiger charge is -2.17. The van der Waals surface area contributed by atoms with Crippen LogP contribution in [0.25, 0.3) is 0 Å². The van der Waals surface area contributed by atoms with Gasteiger partial charge in [-0.25, -0.2) is 4.90 Å². The van der Waals surface area contributed by atoms with Gasteiger partial charge >= 0.3 is 0 Å². The van der Waals surface area contributed by atoms with Crippen LogP contribution in [0.15, 0.2) is 53.4 Å². The topological polar surface area (TPSA) is 72.6 Å². The van der Waals surface area contributed by atoms with Crippen LogP contribution in [0.3, 0.4) is 0 Å². The highest BCUT2D eigenvalue weighted by Gasteiger charge is 2.41. The van der Waals surface area contributed by atoms with E-state index in [4.69, 9.17) is 10.5 Å². The highest BCUT2D eigenvalue weighted by atomic mass is 32.2. The van der Waals surface area contributed by atoms with E-state index in [9.17, 15) is 9.59 Å². The summed E-state index contributed by atoms with van der Waals surface area (Å²) in [6.45, 7) is 0. The minimum atomic E-state index is -0.475. The fourth-order valence-electron chi connectivity index (χ4n) is 2.50. The number of hydrogen-bond donors (Lipinski definition) is 1. The highest BCUT2D eigenvalue weighted by molar-refractivity contribution is 8.00. The molecule has 1 fully saturated rings. The molecule has 0 radical (unpaired) electrons. The van der Waals surface area contributed by atoms with Crippen LogP contribution in [-0.4, -0.2) is 24.2 Å². The van der Waals surface area contributed by atoms with Gasteiger partial charge in [-0.15, -0.1) is 11.8 Å². The number of thioether (sulfide) groups is 1. The molecular weight excluding hydrogens is 312 g/mol. The van der Waals surface area contributed by atoms with Gasteiger partial charge < -0.3 is 10.5 Å². The standard InChI is InChI=1S/C17H16N2O3S/c1-22-13-8-4-3-7-12(13)19-16(20)10-15(17(19)21)23-14-9-5-2-6-11(14)18/h2-9,15H,10,18H2,1H3/t15-/m0/s1. The monoisotopic (exact) mass is 328 g/mol. The molecule has 0 saturated carbocycles. The molecule has 2 N–H and O–H groups in total. The average Bonchev–Trinajstić information content (AvgIpc) is 2.83. The van der Waals surface area contributed by atoms with Gasteiger partial charge in [-0.2, -0.15) is 0 Å². The molecule has 3 rings (SSSR count). The predicted octanol–water partition coefficient (Wildman–Crippen LogP) is 2.70. The Labute approximate surface area is 138 Å². The number of methoxy groups -OCH3 is 1. The zero-order valence-corrected chi connectivity index (χ0v) is 13.4. The Morgan fingerprint density at radius 1 is 1.13 bits per heavy atom. The molecule has 118 valence electrons. The van der Waals surface area contributed by atoms with Crippen LogP contribution in [0.4, 0.5) is 11.4 Å². The molecule has 5 nitrogen and oxygen atoms in total. The summed E-state index contributed by atoms with van der Waals surface area (Å²) in [5, 5.41) is -0.475. The number of para-hydroxylation sites is 3. The van der Waals surface area contributed by atoms with Crippen LogP contribution in [-0.2, 0) is 9.59 Å². The summed E-state index contributed by atoms with van der Waals surface area (Å²) in [6, 6.07) is 14.3. The number of carbonyl (C=O) groups is 2. The summed E-state index contributed by atoms with van der Waals surface area (Å²) in [5.41, 5.74) is 7.01. The number of anilines is 2. The van der Waals surface area contributed by atoms with Crippen molar-refractivity contribution in [3.63, 3.8) is 0 Å². The molecule has 6 heteroatoms. The zero-order valence-electron chi connectivity index (χ0n) is 12.6. The van der Waals surface area contributed by atoms with Crippen molar-refractivity contribution in [1.82, 2.24) is 0 Å². The number of ether oxygens (including phenoxy) is 1. The number of carbonyl (C=O) groups excluding carboxylic acids is 2. The van der Waals surface area contributed by atoms with Crippen LogP contribution in [0.1, 0.15) is 6.42 Å². The lowest BCUT2D eigenvalue weighted by atomic mass is 10.2. The van der Waals surface area contributed by atoms with E-state index in [1.54, 1.807) is 30.3 Å². The Bertz CT molecular complexity index is 763. The largest absolute Gasteiger partial charge is 0.495 e. The van der Waals surface area contributed by atoms with Gasteiger partial charge in [0.2, 0.25) is 11.8 Å². The van der Waals surface area contributed by atoms with Crippen molar-refractivity contribution in [3.8, 4) is 5.75 Å². The normalized spacial score (nSPS) is 17.6. The van der Waals surface area contributed by atoms with Crippen molar-refractivity contribution in [3.05, 3.63) is 48.5 Å². The second-order valence-electron chi connectivity index (χ2n) is 5.09. The van der Waals surface area contributed by atoms with Gasteiger partial charge in [0.25, 0.3) is 0 Å².